The first-order valence-electron chi connectivity index (χ1n) is 10.8. The molecule has 1 fully saturated rings. The molecule has 0 bridgehead atoms. The molecular formula is C24H19ClN4O7S. The first-order valence-corrected chi connectivity index (χ1v) is 12.7. The average Bonchev–Trinajstić information content (AvgIpc) is 3.16. The molecule has 4 rings (SSSR count). The van der Waals surface area contributed by atoms with Gasteiger partial charge < -0.3 is 4.90 Å². The molecule has 1 heterocycles. The molecule has 2 N–H and O–H groups in total. The van der Waals surface area contributed by atoms with Gasteiger partial charge in [-0.3, -0.25) is 24.5 Å². The minimum atomic E-state index is -3.99. The summed E-state index contributed by atoms with van der Waals surface area (Å²) < 4.78 is 23.1. The molecule has 1 unspecified atom stereocenters. The van der Waals surface area contributed by atoms with E-state index < -0.39 is 38.7 Å². The summed E-state index contributed by atoms with van der Waals surface area (Å²) in [7, 11) is -3.99. The van der Waals surface area contributed by atoms with Gasteiger partial charge in [0.2, 0.25) is 15.9 Å². The maximum absolute atomic E-state index is 13.6. The number of primary sulfonamides is 1. The summed E-state index contributed by atoms with van der Waals surface area (Å²) in [6.07, 6.45) is -0.360. The fraction of sp³-hybridized carbons (Fsp3) is 0.125. The zero-order valence-corrected chi connectivity index (χ0v) is 20.6. The number of anilines is 1. The Morgan fingerprint density at radius 2 is 1.76 bits per heavy atom. The Balaban J connectivity index is 1.72. The molecule has 3 amide bonds. The number of carbonyl (C=O) groups excluding carboxylic acids is 3. The quantitative estimate of drug-likeness (QED) is 0.273. The number of carbonyl (C=O) groups is 3. The van der Waals surface area contributed by atoms with Crippen molar-refractivity contribution in [2.75, 3.05) is 4.90 Å². The Labute approximate surface area is 216 Å². The van der Waals surface area contributed by atoms with Crippen LogP contribution in [0, 0.1) is 10.1 Å². The summed E-state index contributed by atoms with van der Waals surface area (Å²) in [5.74, 6) is -2.05. The number of imide groups is 1. The van der Waals surface area contributed by atoms with Gasteiger partial charge in [-0.1, -0.05) is 35.9 Å². The highest BCUT2D eigenvalue weighted by molar-refractivity contribution is 7.89. The summed E-state index contributed by atoms with van der Waals surface area (Å²) in [6, 6.07) is 15.3. The van der Waals surface area contributed by atoms with Gasteiger partial charge in [-0.2, -0.15) is 0 Å². The number of nitrogens with zero attached hydrogens (tertiary/aromatic N) is 3. The molecule has 190 valence electrons. The number of non-ortho nitro benzene ring substituents is 1. The van der Waals surface area contributed by atoms with Crippen LogP contribution in [0.25, 0.3) is 0 Å². The van der Waals surface area contributed by atoms with E-state index in [9.17, 15) is 32.9 Å². The van der Waals surface area contributed by atoms with E-state index in [4.69, 9.17) is 16.7 Å². The molecular weight excluding hydrogens is 524 g/mol. The molecule has 0 aromatic heterocycles. The number of benzene rings is 3. The number of nitrogens with two attached hydrogens (primary N) is 1. The second-order valence-electron chi connectivity index (χ2n) is 8.16. The highest BCUT2D eigenvalue weighted by Gasteiger charge is 2.44. The van der Waals surface area contributed by atoms with E-state index in [1.807, 2.05) is 0 Å². The molecule has 0 spiro atoms. The van der Waals surface area contributed by atoms with Crippen molar-refractivity contribution in [2.24, 2.45) is 5.14 Å². The van der Waals surface area contributed by atoms with Gasteiger partial charge >= 0.3 is 0 Å². The van der Waals surface area contributed by atoms with Crippen LogP contribution in [-0.2, 0) is 26.2 Å². The number of nitro benzene ring substituents is 1. The number of amides is 3. The molecule has 0 aliphatic carbocycles. The molecule has 3 aromatic carbocycles. The van der Waals surface area contributed by atoms with E-state index in [0.29, 0.717) is 10.6 Å². The third-order valence-corrected chi connectivity index (χ3v) is 7.08. The number of nitro groups is 1. The van der Waals surface area contributed by atoms with Crippen LogP contribution in [0.1, 0.15) is 22.3 Å². The van der Waals surface area contributed by atoms with Gasteiger partial charge in [0.15, 0.2) is 0 Å². The second-order valence-corrected chi connectivity index (χ2v) is 10.1. The van der Waals surface area contributed by atoms with Crippen molar-refractivity contribution in [1.29, 1.82) is 0 Å². The third-order valence-electron chi connectivity index (χ3n) is 5.79. The summed E-state index contributed by atoms with van der Waals surface area (Å²) in [6.45, 7) is -0.150. The van der Waals surface area contributed by atoms with Gasteiger partial charge in [0, 0.05) is 29.3 Å². The van der Waals surface area contributed by atoms with Crippen molar-refractivity contribution in [1.82, 2.24) is 4.90 Å². The number of hydrogen-bond donors (Lipinski definition) is 1. The van der Waals surface area contributed by atoms with Gasteiger partial charge in [-0.15, -0.1) is 0 Å². The number of rotatable bonds is 7. The Hall–Kier alpha value is -4.13. The molecule has 0 saturated carbocycles. The predicted octanol–water partition coefficient (Wildman–Crippen LogP) is 2.87. The molecule has 11 nitrogen and oxygen atoms in total. The normalized spacial score (nSPS) is 15.6. The van der Waals surface area contributed by atoms with E-state index in [0.717, 1.165) is 28.0 Å². The van der Waals surface area contributed by atoms with Crippen LogP contribution in [-0.4, -0.2) is 42.0 Å². The van der Waals surface area contributed by atoms with Crippen molar-refractivity contribution in [3.63, 3.8) is 0 Å². The molecule has 3 aromatic rings. The Bertz CT molecular complexity index is 1530. The van der Waals surface area contributed by atoms with Crippen molar-refractivity contribution < 1.29 is 27.7 Å². The topological polar surface area (TPSA) is 161 Å². The van der Waals surface area contributed by atoms with Crippen LogP contribution in [0.15, 0.2) is 77.7 Å². The van der Waals surface area contributed by atoms with Gasteiger partial charge in [0.05, 0.1) is 21.9 Å². The smallest absolute Gasteiger partial charge is 0.270 e. The lowest BCUT2D eigenvalue weighted by Crippen LogP contribution is -2.45. The van der Waals surface area contributed by atoms with Gasteiger partial charge in [0.25, 0.3) is 17.5 Å². The maximum Gasteiger partial charge on any atom is 0.270 e. The van der Waals surface area contributed by atoms with E-state index >= 15 is 0 Å². The molecule has 1 aliphatic rings. The lowest BCUT2D eigenvalue weighted by atomic mass is 10.1. The highest BCUT2D eigenvalue weighted by Crippen LogP contribution is 2.30. The standard InChI is InChI=1S/C24H19ClN4O7S/c25-20-7-2-1-4-16(20)14-27(23(31)15-5-3-6-18(12-15)29(33)34)21-13-22(30)28(24(21)32)17-8-10-19(11-9-17)37(26,35)36/h1-12,21H,13-14H2,(H2,26,35,36). The average molecular weight is 543 g/mol. The molecule has 1 atom stereocenters. The van der Waals surface area contributed by atoms with Crippen LogP contribution in [0.2, 0.25) is 5.02 Å². The Morgan fingerprint density at radius 3 is 2.38 bits per heavy atom. The fourth-order valence-electron chi connectivity index (χ4n) is 3.97. The summed E-state index contributed by atoms with van der Waals surface area (Å²) in [4.78, 5) is 52.3. The zero-order chi connectivity index (χ0) is 26.9. The van der Waals surface area contributed by atoms with E-state index in [-0.39, 0.29) is 34.8 Å². The molecule has 37 heavy (non-hydrogen) atoms. The minimum absolute atomic E-state index is 0.0440. The van der Waals surface area contributed by atoms with Crippen molar-refractivity contribution >= 4 is 50.7 Å². The zero-order valence-electron chi connectivity index (χ0n) is 19.0. The first-order chi connectivity index (χ1) is 17.5. The second kappa shape index (κ2) is 10.1. The molecule has 0 radical (unpaired) electrons. The molecule has 13 heteroatoms. The van der Waals surface area contributed by atoms with Crippen LogP contribution in [0.5, 0.6) is 0 Å². The van der Waals surface area contributed by atoms with Crippen molar-refractivity contribution in [2.45, 2.75) is 23.9 Å². The van der Waals surface area contributed by atoms with Crippen LogP contribution >= 0.6 is 11.6 Å². The largest absolute Gasteiger partial charge is 0.322 e. The van der Waals surface area contributed by atoms with Crippen molar-refractivity contribution in [3.05, 3.63) is 99.1 Å². The highest BCUT2D eigenvalue weighted by atomic mass is 35.5. The lowest BCUT2D eigenvalue weighted by Gasteiger charge is -2.28. The van der Waals surface area contributed by atoms with Crippen LogP contribution in [0.3, 0.4) is 0 Å². The maximum atomic E-state index is 13.6. The summed E-state index contributed by atoms with van der Waals surface area (Å²) in [5.41, 5.74) is 0.246. The SMILES string of the molecule is NS(=O)(=O)c1ccc(N2C(=O)CC(N(Cc3ccccc3Cl)C(=O)c3cccc([N+](=O)[O-])c3)C2=O)cc1. The minimum Gasteiger partial charge on any atom is -0.322 e. The fourth-order valence-corrected chi connectivity index (χ4v) is 4.68. The van der Waals surface area contributed by atoms with Crippen molar-refractivity contribution in [3.8, 4) is 0 Å². The van der Waals surface area contributed by atoms with Gasteiger partial charge in [-0.05, 0) is 42.0 Å². The number of halogens is 1. The van der Waals surface area contributed by atoms with E-state index in [2.05, 4.69) is 0 Å². The number of sulfonamides is 1. The van der Waals surface area contributed by atoms with E-state index in [1.165, 1.54) is 30.3 Å². The number of hydrogen-bond acceptors (Lipinski definition) is 7. The Morgan fingerprint density at radius 1 is 1.08 bits per heavy atom. The monoisotopic (exact) mass is 542 g/mol. The first kappa shape index (κ1) is 25.9. The van der Waals surface area contributed by atoms with Crippen LogP contribution in [0.4, 0.5) is 11.4 Å². The van der Waals surface area contributed by atoms with E-state index in [1.54, 1.807) is 24.3 Å². The van der Waals surface area contributed by atoms with Crippen LogP contribution < -0.4 is 10.0 Å². The Kier molecular flexibility index (Phi) is 7.07. The molecule has 1 aliphatic heterocycles. The lowest BCUT2D eigenvalue weighted by molar-refractivity contribution is -0.384. The third kappa shape index (κ3) is 5.35. The summed E-state index contributed by atoms with van der Waals surface area (Å²) >= 11 is 6.28. The predicted molar refractivity (Wildman–Crippen MR) is 133 cm³/mol. The molecule has 1 saturated heterocycles. The summed E-state index contributed by atoms with van der Waals surface area (Å²) in [5, 5.41) is 16.7. The van der Waals surface area contributed by atoms with Gasteiger partial charge in [-0.25, -0.2) is 18.5 Å². The van der Waals surface area contributed by atoms with Gasteiger partial charge in [0.1, 0.15) is 6.04 Å².